The summed E-state index contributed by atoms with van der Waals surface area (Å²) >= 11 is 13.7. The van der Waals surface area contributed by atoms with Crippen LogP contribution in [0.4, 0.5) is 0 Å². The first-order chi connectivity index (χ1) is 10.2. The molecular formula is C16H12Cl2N2S. The summed E-state index contributed by atoms with van der Waals surface area (Å²) in [5, 5.41) is 2.07. The Labute approximate surface area is 137 Å². The number of benzene rings is 2. The van der Waals surface area contributed by atoms with Crippen molar-refractivity contribution in [1.29, 1.82) is 0 Å². The van der Waals surface area contributed by atoms with Crippen LogP contribution < -0.4 is 5.73 Å². The largest absolute Gasteiger partial charge is 0.326 e. The van der Waals surface area contributed by atoms with Crippen LogP contribution in [0.25, 0.3) is 21.8 Å². The van der Waals surface area contributed by atoms with Gasteiger partial charge in [0.05, 0.1) is 5.69 Å². The number of hydrogen-bond acceptors (Lipinski definition) is 3. The van der Waals surface area contributed by atoms with Crippen molar-refractivity contribution in [2.24, 2.45) is 5.73 Å². The standard InChI is InChI=1S/C16H12Cl2N2S/c17-12-6-11(7-13(18)8-12)16-20-15(14(9-19)21-16)10-4-2-1-3-5-10/h1-8H,9,19H2. The molecule has 0 aliphatic rings. The van der Waals surface area contributed by atoms with Gasteiger partial charge in [0.25, 0.3) is 0 Å². The van der Waals surface area contributed by atoms with Crippen LogP contribution in [0.2, 0.25) is 10.0 Å². The second-order valence-corrected chi connectivity index (χ2v) is 6.48. The third kappa shape index (κ3) is 3.11. The Kier molecular flexibility index (Phi) is 4.27. The minimum Gasteiger partial charge on any atom is -0.326 e. The smallest absolute Gasteiger partial charge is 0.124 e. The third-order valence-electron chi connectivity index (χ3n) is 3.04. The van der Waals surface area contributed by atoms with E-state index in [-0.39, 0.29) is 0 Å². The van der Waals surface area contributed by atoms with Crippen LogP contribution in [0.5, 0.6) is 0 Å². The van der Waals surface area contributed by atoms with E-state index in [2.05, 4.69) is 0 Å². The Morgan fingerprint density at radius 2 is 1.62 bits per heavy atom. The first-order valence-corrected chi connectivity index (χ1v) is 7.96. The van der Waals surface area contributed by atoms with Gasteiger partial charge in [-0.2, -0.15) is 0 Å². The van der Waals surface area contributed by atoms with Gasteiger partial charge < -0.3 is 5.73 Å². The highest BCUT2D eigenvalue weighted by atomic mass is 35.5. The van der Waals surface area contributed by atoms with E-state index in [4.69, 9.17) is 33.9 Å². The van der Waals surface area contributed by atoms with Crippen molar-refractivity contribution in [1.82, 2.24) is 4.98 Å². The van der Waals surface area contributed by atoms with Crippen molar-refractivity contribution in [3.05, 3.63) is 63.5 Å². The maximum atomic E-state index is 6.07. The SMILES string of the molecule is NCc1sc(-c2cc(Cl)cc(Cl)c2)nc1-c1ccccc1. The zero-order chi connectivity index (χ0) is 14.8. The van der Waals surface area contributed by atoms with Crippen molar-refractivity contribution in [3.63, 3.8) is 0 Å². The lowest BCUT2D eigenvalue weighted by Crippen LogP contribution is -1.95. The molecule has 0 atom stereocenters. The number of aromatic nitrogens is 1. The summed E-state index contributed by atoms with van der Waals surface area (Å²) in [5.74, 6) is 0. The van der Waals surface area contributed by atoms with Gasteiger partial charge in [0.15, 0.2) is 0 Å². The molecule has 0 aliphatic carbocycles. The molecule has 0 saturated carbocycles. The predicted molar refractivity (Wildman–Crippen MR) is 90.9 cm³/mol. The molecule has 0 spiro atoms. The summed E-state index contributed by atoms with van der Waals surface area (Å²) in [7, 11) is 0. The molecule has 21 heavy (non-hydrogen) atoms. The van der Waals surface area contributed by atoms with Gasteiger partial charge in [-0.15, -0.1) is 11.3 Å². The number of rotatable bonds is 3. The molecule has 0 amide bonds. The van der Waals surface area contributed by atoms with E-state index in [1.807, 2.05) is 42.5 Å². The molecule has 2 N–H and O–H groups in total. The number of halogens is 2. The Morgan fingerprint density at radius 1 is 0.952 bits per heavy atom. The number of hydrogen-bond donors (Lipinski definition) is 1. The summed E-state index contributed by atoms with van der Waals surface area (Å²) in [6.45, 7) is 0.455. The van der Waals surface area contributed by atoms with Crippen LogP contribution in [-0.2, 0) is 6.54 Å². The zero-order valence-corrected chi connectivity index (χ0v) is 13.3. The molecule has 2 nitrogen and oxygen atoms in total. The maximum Gasteiger partial charge on any atom is 0.124 e. The highest BCUT2D eigenvalue weighted by molar-refractivity contribution is 7.15. The second kappa shape index (κ2) is 6.16. The van der Waals surface area contributed by atoms with E-state index in [1.54, 1.807) is 17.4 Å². The average Bonchev–Trinajstić information content (AvgIpc) is 2.91. The molecule has 0 fully saturated rings. The molecular weight excluding hydrogens is 323 g/mol. The van der Waals surface area contributed by atoms with E-state index in [0.29, 0.717) is 16.6 Å². The predicted octanol–water partition coefficient (Wildman–Crippen LogP) is 5.24. The number of thiazole rings is 1. The average molecular weight is 335 g/mol. The van der Waals surface area contributed by atoms with Crippen molar-refractivity contribution in [2.75, 3.05) is 0 Å². The molecule has 3 aromatic rings. The fourth-order valence-electron chi connectivity index (χ4n) is 2.11. The fraction of sp³-hybridized carbons (Fsp3) is 0.0625. The van der Waals surface area contributed by atoms with Gasteiger partial charge >= 0.3 is 0 Å². The van der Waals surface area contributed by atoms with Gasteiger partial charge in [-0.3, -0.25) is 0 Å². The quantitative estimate of drug-likeness (QED) is 0.711. The van der Waals surface area contributed by atoms with Crippen LogP contribution >= 0.6 is 34.5 Å². The van der Waals surface area contributed by atoms with Crippen molar-refractivity contribution in [3.8, 4) is 21.8 Å². The Hall–Kier alpha value is -1.39. The Morgan fingerprint density at radius 3 is 2.24 bits per heavy atom. The molecule has 0 saturated heterocycles. The van der Waals surface area contributed by atoms with Crippen LogP contribution in [0.3, 0.4) is 0 Å². The van der Waals surface area contributed by atoms with Gasteiger partial charge in [0.1, 0.15) is 5.01 Å². The van der Waals surface area contributed by atoms with Crippen molar-refractivity contribution >= 4 is 34.5 Å². The lowest BCUT2D eigenvalue weighted by Gasteiger charge is -1.99. The second-order valence-electron chi connectivity index (χ2n) is 4.52. The number of nitrogens with zero attached hydrogens (tertiary/aromatic N) is 1. The molecule has 2 aromatic carbocycles. The normalized spacial score (nSPS) is 10.8. The van der Waals surface area contributed by atoms with Crippen LogP contribution in [0.15, 0.2) is 48.5 Å². The highest BCUT2D eigenvalue weighted by Crippen LogP contribution is 2.35. The molecule has 1 heterocycles. The summed E-state index contributed by atoms with van der Waals surface area (Å²) in [6.07, 6.45) is 0. The molecule has 106 valence electrons. The van der Waals surface area contributed by atoms with Crippen LogP contribution in [0, 0.1) is 0 Å². The first-order valence-electron chi connectivity index (χ1n) is 6.39. The molecule has 1 aromatic heterocycles. The first kappa shape index (κ1) is 14.5. The maximum absolute atomic E-state index is 6.07. The van der Waals surface area contributed by atoms with Gasteiger partial charge in [0, 0.05) is 32.6 Å². The summed E-state index contributed by atoms with van der Waals surface area (Å²) < 4.78 is 0. The lowest BCUT2D eigenvalue weighted by molar-refractivity contribution is 1.10. The molecule has 0 aliphatic heterocycles. The summed E-state index contributed by atoms with van der Waals surface area (Å²) in [4.78, 5) is 5.77. The van der Waals surface area contributed by atoms with E-state index < -0.39 is 0 Å². The minimum absolute atomic E-state index is 0.455. The third-order valence-corrected chi connectivity index (χ3v) is 4.60. The van der Waals surface area contributed by atoms with Gasteiger partial charge in [0.2, 0.25) is 0 Å². The molecule has 0 radical (unpaired) electrons. The summed E-state index contributed by atoms with van der Waals surface area (Å²) in [6, 6.07) is 15.5. The van der Waals surface area contributed by atoms with E-state index in [1.165, 1.54) is 0 Å². The molecule has 0 bridgehead atoms. The Balaban J connectivity index is 2.11. The van der Waals surface area contributed by atoms with Crippen molar-refractivity contribution in [2.45, 2.75) is 6.54 Å². The van der Waals surface area contributed by atoms with Gasteiger partial charge in [-0.05, 0) is 18.2 Å². The summed E-state index contributed by atoms with van der Waals surface area (Å²) in [5.41, 5.74) is 8.76. The van der Waals surface area contributed by atoms with Crippen molar-refractivity contribution < 1.29 is 0 Å². The zero-order valence-electron chi connectivity index (χ0n) is 11.0. The minimum atomic E-state index is 0.455. The van der Waals surface area contributed by atoms with Crippen LogP contribution in [-0.4, -0.2) is 4.98 Å². The monoisotopic (exact) mass is 334 g/mol. The van der Waals surface area contributed by atoms with Crippen LogP contribution in [0.1, 0.15) is 4.88 Å². The van der Waals surface area contributed by atoms with Gasteiger partial charge in [-0.25, -0.2) is 4.98 Å². The van der Waals surface area contributed by atoms with E-state index >= 15 is 0 Å². The molecule has 0 unspecified atom stereocenters. The fourth-order valence-corrected chi connectivity index (χ4v) is 3.59. The molecule has 3 rings (SSSR count). The van der Waals surface area contributed by atoms with E-state index in [0.717, 1.165) is 26.7 Å². The molecule has 5 heteroatoms. The Bertz CT molecular complexity index is 749. The topological polar surface area (TPSA) is 38.9 Å². The lowest BCUT2D eigenvalue weighted by atomic mass is 10.1. The van der Waals surface area contributed by atoms with Gasteiger partial charge in [-0.1, -0.05) is 53.5 Å². The highest BCUT2D eigenvalue weighted by Gasteiger charge is 2.13. The number of nitrogens with two attached hydrogens (primary N) is 1. The van der Waals surface area contributed by atoms with E-state index in [9.17, 15) is 0 Å².